The molecule has 4 aromatic rings. The van der Waals surface area contributed by atoms with Crippen LogP contribution < -0.4 is 5.32 Å². The van der Waals surface area contributed by atoms with Gasteiger partial charge < -0.3 is 0 Å². The van der Waals surface area contributed by atoms with E-state index in [-0.39, 0.29) is 24.0 Å². The van der Waals surface area contributed by atoms with Gasteiger partial charge >= 0.3 is 0 Å². The van der Waals surface area contributed by atoms with Crippen molar-refractivity contribution in [3.63, 3.8) is 0 Å². The molecule has 2 aromatic carbocycles. The van der Waals surface area contributed by atoms with Gasteiger partial charge in [-0.05, 0) is 30.7 Å². The van der Waals surface area contributed by atoms with E-state index in [9.17, 15) is 19.2 Å². The molecule has 1 saturated heterocycles. The maximum atomic E-state index is 13.0. The highest BCUT2D eigenvalue weighted by atomic mass is 16.2. The van der Waals surface area contributed by atoms with E-state index in [0.29, 0.717) is 17.1 Å². The third kappa shape index (κ3) is 2.86. The molecular formula is C22H15N7O4. The van der Waals surface area contributed by atoms with E-state index in [1.165, 1.54) is 10.7 Å². The molecule has 1 fully saturated rings. The number of benzene rings is 2. The zero-order valence-corrected chi connectivity index (χ0v) is 17.0. The normalized spacial score (nSPS) is 18.2. The van der Waals surface area contributed by atoms with Crippen LogP contribution in [0.25, 0.3) is 28.0 Å². The Hall–Kier alpha value is -4.67. The smallest absolute Gasteiger partial charge is 0.262 e. The van der Waals surface area contributed by atoms with E-state index in [1.54, 1.807) is 18.3 Å². The fourth-order valence-electron chi connectivity index (χ4n) is 4.26. The second kappa shape index (κ2) is 6.92. The van der Waals surface area contributed by atoms with Crippen LogP contribution in [0.4, 0.5) is 0 Å². The van der Waals surface area contributed by atoms with Crippen LogP contribution in [0.5, 0.6) is 0 Å². The van der Waals surface area contributed by atoms with Crippen LogP contribution in [0.15, 0.2) is 48.7 Å². The van der Waals surface area contributed by atoms with Gasteiger partial charge in [-0.3, -0.25) is 34.5 Å². The van der Waals surface area contributed by atoms with Crippen molar-refractivity contribution < 1.29 is 19.2 Å². The van der Waals surface area contributed by atoms with Crippen molar-refractivity contribution in [1.29, 1.82) is 0 Å². The quantitative estimate of drug-likeness (QED) is 0.455. The van der Waals surface area contributed by atoms with Gasteiger partial charge in [-0.1, -0.05) is 23.4 Å². The largest absolute Gasteiger partial charge is 0.295 e. The number of nitrogens with one attached hydrogen (secondary N) is 2. The molecule has 0 radical (unpaired) electrons. The van der Waals surface area contributed by atoms with Gasteiger partial charge in [-0.25, -0.2) is 4.68 Å². The summed E-state index contributed by atoms with van der Waals surface area (Å²) in [4.78, 5) is 50.5. The highest BCUT2D eigenvalue weighted by molar-refractivity contribution is 6.23. The number of carbonyl (C=O) groups is 4. The molecule has 0 saturated carbocycles. The number of hydrogen-bond acceptors (Lipinski definition) is 7. The molecule has 6 rings (SSSR count). The van der Waals surface area contributed by atoms with E-state index < -0.39 is 29.7 Å². The maximum absolute atomic E-state index is 13.0. The Morgan fingerprint density at radius 3 is 2.64 bits per heavy atom. The molecule has 1 atom stereocenters. The Bertz CT molecular complexity index is 1500. The van der Waals surface area contributed by atoms with Crippen molar-refractivity contribution in [2.45, 2.75) is 18.9 Å². The Morgan fingerprint density at radius 1 is 0.970 bits per heavy atom. The highest BCUT2D eigenvalue weighted by Gasteiger charge is 2.44. The predicted octanol–water partition coefficient (Wildman–Crippen LogP) is 1.21. The van der Waals surface area contributed by atoms with Gasteiger partial charge in [0, 0.05) is 11.8 Å². The van der Waals surface area contributed by atoms with Crippen molar-refractivity contribution in [2.24, 2.45) is 0 Å². The van der Waals surface area contributed by atoms with Crippen molar-refractivity contribution in [3.05, 3.63) is 59.8 Å². The molecular weight excluding hydrogens is 426 g/mol. The summed E-state index contributed by atoms with van der Waals surface area (Å²) in [5.41, 5.74) is 2.96. The Kier molecular flexibility index (Phi) is 3.99. The summed E-state index contributed by atoms with van der Waals surface area (Å²) in [6, 6.07) is 11.4. The molecule has 162 valence electrons. The minimum absolute atomic E-state index is 0.0681. The lowest BCUT2D eigenvalue weighted by Gasteiger charge is -2.27. The van der Waals surface area contributed by atoms with Crippen LogP contribution in [-0.2, 0) is 9.59 Å². The molecule has 1 unspecified atom stereocenters. The first-order chi connectivity index (χ1) is 16.0. The Morgan fingerprint density at radius 2 is 1.79 bits per heavy atom. The summed E-state index contributed by atoms with van der Waals surface area (Å²) in [7, 11) is 0. The summed E-state index contributed by atoms with van der Waals surface area (Å²) >= 11 is 0. The van der Waals surface area contributed by atoms with Gasteiger partial charge in [0.15, 0.2) is 0 Å². The number of rotatable bonds is 3. The number of fused-ring (bicyclic) bond motifs is 2. The number of imide groups is 2. The van der Waals surface area contributed by atoms with E-state index in [1.807, 2.05) is 24.3 Å². The van der Waals surface area contributed by atoms with Crippen molar-refractivity contribution in [3.8, 4) is 17.1 Å². The summed E-state index contributed by atoms with van der Waals surface area (Å²) in [6.45, 7) is 0. The van der Waals surface area contributed by atoms with Crippen molar-refractivity contribution >= 4 is 34.5 Å². The van der Waals surface area contributed by atoms with Crippen LogP contribution in [0.2, 0.25) is 0 Å². The minimum Gasteiger partial charge on any atom is -0.295 e. The van der Waals surface area contributed by atoms with Gasteiger partial charge in [0.05, 0.1) is 28.5 Å². The third-order valence-corrected chi connectivity index (χ3v) is 5.89. The highest BCUT2D eigenvalue weighted by Crippen LogP contribution is 2.30. The van der Waals surface area contributed by atoms with E-state index >= 15 is 0 Å². The van der Waals surface area contributed by atoms with Crippen LogP contribution in [0.3, 0.4) is 0 Å². The minimum atomic E-state index is -1.01. The molecule has 4 heterocycles. The van der Waals surface area contributed by atoms with E-state index in [4.69, 9.17) is 0 Å². The molecule has 2 aliphatic heterocycles. The van der Waals surface area contributed by atoms with E-state index in [2.05, 4.69) is 25.8 Å². The second-order valence-corrected chi connectivity index (χ2v) is 7.84. The fourth-order valence-corrected chi connectivity index (χ4v) is 4.26. The molecule has 33 heavy (non-hydrogen) atoms. The number of hydrogen-bond donors (Lipinski definition) is 2. The Balaban J connectivity index is 1.33. The molecule has 0 bridgehead atoms. The number of aromatic nitrogens is 5. The number of piperidine rings is 1. The lowest BCUT2D eigenvalue weighted by atomic mass is 10.0. The summed E-state index contributed by atoms with van der Waals surface area (Å²) < 4.78 is 1.49. The van der Waals surface area contributed by atoms with Crippen LogP contribution >= 0.6 is 0 Å². The lowest BCUT2D eigenvalue weighted by molar-refractivity contribution is -0.136. The van der Waals surface area contributed by atoms with Gasteiger partial charge in [0.1, 0.15) is 17.4 Å². The topological polar surface area (TPSA) is 143 Å². The summed E-state index contributed by atoms with van der Waals surface area (Å²) in [5.74, 6) is -2.20. The number of amides is 4. The molecule has 11 nitrogen and oxygen atoms in total. The van der Waals surface area contributed by atoms with E-state index in [0.717, 1.165) is 15.8 Å². The lowest BCUT2D eigenvalue weighted by Crippen LogP contribution is -2.54. The average molecular weight is 441 g/mol. The molecule has 11 heteroatoms. The first-order valence-corrected chi connectivity index (χ1v) is 10.2. The van der Waals surface area contributed by atoms with Crippen molar-refractivity contribution in [1.82, 2.24) is 35.4 Å². The predicted molar refractivity (Wildman–Crippen MR) is 113 cm³/mol. The SMILES string of the molecule is O=C1CCC(N2C(=O)c3ccc(-n4cc(-c5n[nH]c6ccccc56)nn4)cc3C2=O)C(=O)N1. The monoisotopic (exact) mass is 441 g/mol. The molecule has 2 aromatic heterocycles. The van der Waals surface area contributed by atoms with Gasteiger partial charge in [0.25, 0.3) is 11.8 Å². The average Bonchev–Trinajstić information content (AvgIpc) is 3.52. The van der Waals surface area contributed by atoms with Crippen molar-refractivity contribution in [2.75, 3.05) is 0 Å². The number of aromatic amines is 1. The zero-order valence-electron chi connectivity index (χ0n) is 17.0. The number of nitrogens with zero attached hydrogens (tertiary/aromatic N) is 5. The first-order valence-electron chi connectivity index (χ1n) is 10.2. The molecule has 2 aliphatic rings. The van der Waals surface area contributed by atoms with Gasteiger partial charge in [-0.15, -0.1) is 5.10 Å². The third-order valence-electron chi connectivity index (χ3n) is 5.89. The van der Waals surface area contributed by atoms with Gasteiger partial charge in [-0.2, -0.15) is 5.10 Å². The second-order valence-electron chi connectivity index (χ2n) is 7.84. The maximum Gasteiger partial charge on any atom is 0.262 e. The van der Waals surface area contributed by atoms with Crippen LogP contribution in [-0.4, -0.2) is 59.8 Å². The summed E-state index contributed by atoms with van der Waals surface area (Å²) in [5, 5.41) is 18.7. The zero-order chi connectivity index (χ0) is 22.7. The molecule has 0 aliphatic carbocycles. The molecule has 4 amide bonds. The Labute approximate surface area is 185 Å². The number of H-pyrrole nitrogens is 1. The standard InChI is InChI=1S/C22H15N7O4/c30-18-8-7-17(20(31)23-18)29-21(32)12-6-5-11(9-14(12)22(29)33)28-10-16(25-27-28)19-13-3-1-2-4-15(13)24-26-19/h1-6,9-10,17H,7-8H2,(H,24,26)(H,23,30,31). The van der Waals surface area contributed by atoms with Crippen LogP contribution in [0, 0.1) is 0 Å². The number of carbonyl (C=O) groups excluding carboxylic acids is 4. The first kappa shape index (κ1) is 19.0. The molecule has 0 spiro atoms. The van der Waals surface area contributed by atoms with Crippen LogP contribution in [0.1, 0.15) is 33.6 Å². The van der Waals surface area contributed by atoms with Gasteiger partial charge in [0.2, 0.25) is 11.8 Å². The fraction of sp³-hybridized carbons (Fsp3) is 0.136. The molecule has 2 N–H and O–H groups in total. The summed E-state index contributed by atoms with van der Waals surface area (Å²) in [6.07, 6.45) is 1.86. The number of para-hydroxylation sites is 1.